The quantitative estimate of drug-likeness (QED) is 0.733. The van der Waals surface area contributed by atoms with Crippen LogP contribution in [0.15, 0.2) is 18.3 Å². The highest BCUT2D eigenvalue weighted by Crippen LogP contribution is 2.17. The van der Waals surface area contributed by atoms with Gasteiger partial charge in [-0.1, -0.05) is 11.6 Å². The summed E-state index contributed by atoms with van der Waals surface area (Å²) < 4.78 is 1.69. The maximum absolute atomic E-state index is 10.7. The molecule has 0 aliphatic heterocycles. The number of carbonyl (C=O) groups is 1. The molecule has 2 aromatic rings. The smallest absolute Gasteiger partial charge is 0.335 e. The summed E-state index contributed by atoms with van der Waals surface area (Å²) in [5.74, 6) is -1.00. The van der Waals surface area contributed by atoms with E-state index < -0.39 is 5.97 Å². The predicted molar refractivity (Wildman–Crippen MR) is 51.9 cm³/mol. The third-order valence-corrected chi connectivity index (χ3v) is 2.26. The SMILES string of the molecule is Cc1cnc2cc(C(=O)O)cc(Cl)n12. The highest BCUT2D eigenvalue weighted by Gasteiger charge is 2.09. The summed E-state index contributed by atoms with van der Waals surface area (Å²) in [7, 11) is 0. The highest BCUT2D eigenvalue weighted by molar-refractivity contribution is 6.30. The van der Waals surface area contributed by atoms with Gasteiger partial charge in [-0.2, -0.15) is 0 Å². The fraction of sp³-hybridized carbons (Fsp3) is 0.111. The topological polar surface area (TPSA) is 54.6 Å². The molecular weight excluding hydrogens is 204 g/mol. The number of aromatic carboxylic acids is 1. The highest BCUT2D eigenvalue weighted by atomic mass is 35.5. The van der Waals surface area contributed by atoms with Crippen molar-refractivity contribution in [2.24, 2.45) is 0 Å². The molecule has 0 saturated carbocycles. The molecule has 0 bridgehead atoms. The van der Waals surface area contributed by atoms with Gasteiger partial charge in [-0.3, -0.25) is 4.40 Å². The minimum Gasteiger partial charge on any atom is -0.478 e. The fourth-order valence-corrected chi connectivity index (χ4v) is 1.67. The van der Waals surface area contributed by atoms with Gasteiger partial charge in [-0.15, -0.1) is 0 Å². The Morgan fingerprint density at radius 1 is 1.57 bits per heavy atom. The molecule has 4 nitrogen and oxygen atoms in total. The predicted octanol–water partition coefficient (Wildman–Crippen LogP) is 1.99. The Hall–Kier alpha value is -1.55. The molecule has 0 radical (unpaired) electrons. The molecule has 2 aromatic heterocycles. The monoisotopic (exact) mass is 210 g/mol. The third kappa shape index (κ3) is 1.24. The van der Waals surface area contributed by atoms with Gasteiger partial charge >= 0.3 is 5.97 Å². The zero-order valence-corrected chi connectivity index (χ0v) is 8.12. The zero-order valence-electron chi connectivity index (χ0n) is 7.36. The van der Waals surface area contributed by atoms with Gasteiger partial charge in [-0.05, 0) is 19.1 Å². The van der Waals surface area contributed by atoms with Crippen LogP contribution in [0.1, 0.15) is 16.1 Å². The first kappa shape index (κ1) is 9.02. The molecule has 0 aliphatic rings. The maximum atomic E-state index is 10.7. The van der Waals surface area contributed by atoms with E-state index in [1.165, 1.54) is 12.1 Å². The van der Waals surface area contributed by atoms with Crippen LogP contribution in [-0.2, 0) is 0 Å². The van der Waals surface area contributed by atoms with E-state index in [-0.39, 0.29) is 5.56 Å². The van der Waals surface area contributed by atoms with E-state index in [4.69, 9.17) is 16.7 Å². The van der Waals surface area contributed by atoms with Crippen LogP contribution in [0.3, 0.4) is 0 Å². The Bertz CT molecular complexity index is 519. The summed E-state index contributed by atoms with van der Waals surface area (Å²) in [4.78, 5) is 14.7. The van der Waals surface area contributed by atoms with Gasteiger partial charge in [-0.25, -0.2) is 9.78 Å². The van der Waals surface area contributed by atoms with Gasteiger partial charge in [0.1, 0.15) is 10.8 Å². The van der Waals surface area contributed by atoms with E-state index in [1.807, 2.05) is 6.92 Å². The zero-order chi connectivity index (χ0) is 10.3. The number of rotatable bonds is 1. The molecule has 5 heteroatoms. The Morgan fingerprint density at radius 2 is 2.29 bits per heavy atom. The molecular formula is C9H7ClN2O2. The molecule has 0 spiro atoms. The van der Waals surface area contributed by atoms with Gasteiger partial charge in [0.05, 0.1) is 5.56 Å². The number of pyridine rings is 1. The largest absolute Gasteiger partial charge is 0.478 e. The van der Waals surface area contributed by atoms with E-state index in [0.717, 1.165) is 5.69 Å². The molecule has 0 aromatic carbocycles. The minimum absolute atomic E-state index is 0.146. The standard InChI is InChI=1S/C9H7ClN2O2/c1-5-4-11-8-3-6(9(13)14)2-7(10)12(5)8/h2-4H,1H3,(H,13,14). The van der Waals surface area contributed by atoms with Crippen LogP contribution in [0.2, 0.25) is 5.15 Å². The summed E-state index contributed by atoms with van der Waals surface area (Å²) in [6.07, 6.45) is 1.65. The van der Waals surface area contributed by atoms with Gasteiger partial charge in [0.15, 0.2) is 0 Å². The molecule has 72 valence electrons. The molecule has 0 atom stereocenters. The van der Waals surface area contributed by atoms with Crippen LogP contribution >= 0.6 is 11.6 Å². The van der Waals surface area contributed by atoms with Crippen molar-refractivity contribution in [3.05, 3.63) is 34.7 Å². The third-order valence-electron chi connectivity index (χ3n) is 1.99. The Morgan fingerprint density at radius 3 is 2.93 bits per heavy atom. The number of nitrogens with zero attached hydrogens (tertiary/aromatic N) is 2. The Balaban J connectivity index is 2.80. The van der Waals surface area contributed by atoms with Crippen molar-refractivity contribution in [2.75, 3.05) is 0 Å². The molecule has 14 heavy (non-hydrogen) atoms. The van der Waals surface area contributed by atoms with Gasteiger partial charge in [0.2, 0.25) is 0 Å². The maximum Gasteiger partial charge on any atom is 0.335 e. The van der Waals surface area contributed by atoms with Crippen molar-refractivity contribution in [2.45, 2.75) is 6.92 Å². The molecule has 0 unspecified atom stereocenters. The van der Waals surface area contributed by atoms with Crippen molar-refractivity contribution >= 4 is 23.2 Å². The number of fused-ring (bicyclic) bond motifs is 1. The number of carboxylic acid groups (broad SMARTS) is 1. The van der Waals surface area contributed by atoms with Crippen molar-refractivity contribution in [3.63, 3.8) is 0 Å². The lowest BCUT2D eigenvalue weighted by molar-refractivity contribution is 0.0697. The molecule has 0 saturated heterocycles. The van der Waals surface area contributed by atoms with Crippen molar-refractivity contribution in [3.8, 4) is 0 Å². The molecule has 1 N–H and O–H groups in total. The molecule has 0 amide bonds. The van der Waals surface area contributed by atoms with Gasteiger partial charge in [0, 0.05) is 11.9 Å². The van der Waals surface area contributed by atoms with Gasteiger partial charge < -0.3 is 5.11 Å². The minimum atomic E-state index is -1.00. The summed E-state index contributed by atoms with van der Waals surface area (Å²) >= 11 is 5.91. The van der Waals surface area contributed by atoms with Crippen molar-refractivity contribution in [1.82, 2.24) is 9.38 Å². The lowest BCUT2D eigenvalue weighted by Gasteiger charge is -2.01. The number of hydrogen-bond donors (Lipinski definition) is 1. The second-order valence-corrected chi connectivity index (χ2v) is 3.35. The van der Waals surface area contributed by atoms with E-state index >= 15 is 0 Å². The number of halogens is 1. The average Bonchev–Trinajstić information content (AvgIpc) is 2.48. The lowest BCUT2D eigenvalue weighted by atomic mass is 10.3. The van der Waals surface area contributed by atoms with Crippen LogP contribution < -0.4 is 0 Å². The summed E-state index contributed by atoms with van der Waals surface area (Å²) in [5.41, 5.74) is 1.57. The first-order chi connectivity index (χ1) is 6.59. The second-order valence-electron chi connectivity index (χ2n) is 2.97. The molecule has 2 heterocycles. The first-order valence-electron chi connectivity index (χ1n) is 3.96. The molecule has 0 aliphatic carbocycles. The summed E-state index contributed by atoms with van der Waals surface area (Å²) in [5, 5.41) is 9.14. The van der Waals surface area contributed by atoms with Crippen LogP contribution in [-0.4, -0.2) is 20.5 Å². The Labute approximate surface area is 84.8 Å². The van der Waals surface area contributed by atoms with E-state index in [1.54, 1.807) is 10.6 Å². The van der Waals surface area contributed by atoms with Crippen LogP contribution in [0, 0.1) is 6.92 Å². The molecule has 0 fully saturated rings. The van der Waals surface area contributed by atoms with Crippen LogP contribution in [0.4, 0.5) is 0 Å². The summed E-state index contributed by atoms with van der Waals surface area (Å²) in [6.45, 7) is 1.85. The summed E-state index contributed by atoms with van der Waals surface area (Å²) in [6, 6.07) is 2.90. The number of aryl methyl sites for hydroxylation is 1. The fourth-order valence-electron chi connectivity index (χ4n) is 1.33. The number of imidazole rings is 1. The van der Waals surface area contributed by atoms with Crippen LogP contribution in [0.25, 0.3) is 5.65 Å². The number of hydrogen-bond acceptors (Lipinski definition) is 2. The van der Waals surface area contributed by atoms with Crippen LogP contribution in [0.5, 0.6) is 0 Å². The van der Waals surface area contributed by atoms with E-state index in [0.29, 0.717) is 10.8 Å². The van der Waals surface area contributed by atoms with Gasteiger partial charge in [0.25, 0.3) is 0 Å². The lowest BCUT2D eigenvalue weighted by Crippen LogP contribution is -1.99. The Kier molecular flexibility index (Phi) is 1.93. The normalized spacial score (nSPS) is 10.7. The number of carboxylic acids is 1. The van der Waals surface area contributed by atoms with E-state index in [2.05, 4.69) is 4.98 Å². The van der Waals surface area contributed by atoms with Crippen molar-refractivity contribution < 1.29 is 9.90 Å². The van der Waals surface area contributed by atoms with E-state index in [9.17, 15) is 4.79 Å². The molecule has 2 rings (SSSR count). The van der Waals surface area contributed by atoms with Crippen molar-refractivity contribution in [1.29, 1.82) is 0 Å². The first-order valence-corrected chi connectivity index (χ1v) is 4.34. The number of aromatic nitrogens is 2. The second kappa shape index (κ2) is 2.99. The average molecular weight is 211 g/mol.